The molecule has 26 heavy (non-hydrogen) atoms. The summed E-state index contributed by atoms with van der Waals surface area (Å²) in [6.45, 7) is 3.54. The average Bonchev–Trinajstić information content (AvgIpc) is 2.59. The summed E-state index contributed by atoms with van der Waals surface area (Å²) in [6, 6.07) is 9.45. The number of phenols is 1. The minimum absolute atomic E-state index is 0. The van der Waals surface area contributed by atoms with Gasteiger partial charge in [-0.1, -0.05) is 6.07 Å². The number of fused-ring (bicyclic) bond motifs is 4. The maximum Gasteiger partial charge on any atom is 0.250 e. The van der Waals surface area contributed by atoms with E-state index in [4.69, 9.17) is 4.74 Å². The van der Waals surface area contributed by atoms with E-state index in [1.807, 2.05) is 22.8 Å². The smallest absolute Gasteiger partial charge is 0.250 e. The van der Waals surface area contributed by atoms with E-state index in [0.717, 1.165) is 43.9 Å². The third kappa shape index (κ3) is 3.50. The Morgan fingerprint density at radius 2 is 2.08 bits per heavy atom. The van der Waals surface area contributed by atoms with Gasteiger partial charge in [-0.3, -0.25) is 9.69 Å². The molecule has 5 nitrogen and oxygen atoms in total. The van der Waals surface area contributed by atoms with Crippen LogP contribution in [0, 0.1) is 5.92 Å². The lowest BCUT2D eigenvalue weighted by molar-refractivity contribution is 0.114. The number of rotatable bonds is 3. The number of pyridine rings is 1. The Balaban J connectivity index is 0.00000196. The Kier molecular flexibility index (Phi) is 5.65. The molecular formula is C19H22BrClN2O3. The van der Waals surface area contributed by atoms with Gasteiger partial charge >= 0.3 is 0 Å². The van der Waals surface area contributed by atoms with E-state index in [1.165, 1.54) is 0 Å². The molecule has 1 fully saturated rings. The SMILES string of the molecule is COc1cc(CN2C[C@@H]3C[C@H](C2)c2cccc(=O)n2C3)cc(Br)c1O.Cl. The van der Waals surface area contributed by atoms with Gasteiger partial charge in [0.05, 0.1) is 11.6 Å². The summed E-state index contributed by atoms with van der Waals surface area (Å²) >= 11 is 3.39. The maximum absolute atomic E-state index is 12.1. The highest BCUT2D eigenvalue weighted by Crippen LogP contribution is 2.38. The number of hydrogen-bond donors (Lipinski definition) is 1. The summed E-state index contributed by atoms with van der Waals surface area (Å²) in [5.41, 5.74) is 2.39. The van der Waals surface area contributed by atoms with Crippen LogP contribution in [-0.2, 0) is 13.1 Å². The quantitative estimate of drug-likeness (QED) is 0.793. The first-order valence-corrected chi connectivity index (χ1v) is 9.32. The minimum Gasteiger partial charge on any atom is -0.503 e. The molecule has 0 saturated carbocycles. The number of piperidine rings is 1. The molecule has 0 amide bonds. The van der Waals surface area contributed by atoms with E-state index in [1.54, 1.807) is 13.2 Å². The van der Waals surface area contributed by atoms with Crippen molar-refractivity contribution in [3.8, 4) is 11.5 Å². The predicted molar refractivity (Wildman–Crippen MR) is 106 cm³/mol. The summed E-state index contributed by atoms with van der Waals surface area (Å²) in [4.78, 5) is 14.6. The van der Waals surface area contributed by atoms with Crippen molar-refractivity contribution in [1.82, 2.24) is 9.47 Å². The van der Waals surface area contributed by atoms with Gasteiger partial charge in [0.15, 0.2) is 11.5 Å². The first-order chi connectivity index (χ1) is 12.0. The third-order valence-corrected chi connectivity index (χ3v) is 5.87. The molecule has 0 unspecified atom stereocenters. The number of benzene rings is 1. The summed E-state index contributed by atoms with van der Waals surface area (Å²) in [5.74, 6) is 1.53. The summed E-state index contributed by atoms with van der Waals surface area (Å²) in [6.07, 6.45) is 1.16. The molecule has 1 aromatic carbocycles. The normalized spacial score (nSPS) is 21.6. The van der Waals surface area contributed by atoms with E-state index in [0.29, 0.717) is 22.1 Å². The molecule has 3 heterocycles. The number of aromatic nitrogens is 1. The predicted octanol–water partition coefficient (Wildman–Crippen LogP) is 3.37. The standard InChI is InChI=1S/C19H21BrN2O3.ClH/c1-25-17-7-12(6-15(20)19(17)24)8-21-9-13-5-14(11-21)16-3-2-4-18(23)22(16)10-13;/h2-4,6-7,13-14,24H,5,8-11H2,1H3;1H/t13-,14+;/m0./s1. The van der Waals surface area contributed by atoms with Gasteiger partial charge in [0, 0.05) is 43.9 Å². The van der Waals surface area contributed by atoms with Gasteiger partial charge in [-0.2, -0.15) is 0 Å². The lowest BCUT2D eigenvalue weighted by atomic mass is 9.83. The fraction of sp³-hybridized carbons (Fsp3) is 0.421. The highest BCUT2D eigenvalue weighted by Gasteiger charge is 2.34. The minimum atomic E-state index is 0. The molecule has 7 heteroatoms. The van der Waals surface area contributed by atoms with Crippen LogP contribution in [0.15, 0.2) is 39.6 Å². The zero-order valence-corrected chi connectivity index (χ0v) is 16.9. The van der Waals surface area contributed by atoms with Gasteiger partial charge in [0.1, 0.15) is 0 Å². The van der Waals surface area contributed by atoms with E-state index in [9.17, 15) is 9.90 Å². The first kappa shape index (κ1) is 19.3. The Morgan fingerprint density at radius 3 is 2.85 bits per heavy atom. The van der Waals surface area contributed by atoms with E-state index in [-0.39, 0.29) is 23.7 Å². The zero-order chi connectivity index (χ0) is 17.6. The lowest BCUT2D eigenvalue weighted by Gasteiger charge is -2.42. The van der Waals surface area contributed by atoms with Gasteiger partial charge in [-0.05, 0) is 52.0 Å². The molecule has 2 aliphatic rings. The van der Waals surface area contributed by atoms with Crippen LogP contribution < -0.4 is 10.3 Å². The fourth-order valence-electron chi connectivity index (χ4n) is 4.26. The molecule has 1 saturated heterocycles. The van der Waals surface area contributed by atoms with Gasteiger partial charge in [-0.15, -0.1) is 12.4 Å². The lowest BCUT2D eigenvalue weighted by Crippen LogP contribution is -2.46. The monoisotopic (exact) mass is 440 g/mol. The van der Waals surface area contributed by atoms with E-state index in [2.05, 4.69) is 26.9 Å². The van der Waals surface area contributed by atoms with Gasteiger partial charge in [0.25, 0.3) is 5.56 Å². The second kappa shape index (κ2) is 7.62. The van der Waals surface area contributed by atoms with E-state index >= 15 is 0 Å². The number of ether oxygens (including phenoxy) is 1. The van der Waals surface area contributed by atoms with Crippen LogP contribution in [0.5, 0.6) is 11.5 Å². The summed E-state index contributed by atoms with van der Waals surface area (Å²) in [5, 5.41) is 9.98. The Bertz CT molecular complexity index is 870. The summed E-state index contributed by atoms with van der Waals surface area (Å²) in [7, 11) is 1.56. The van der Waals surface area contributed by atoms with Crippen molar-refractivity contribution in [3.05, 3.63) is 56.4 Å². The number of nitrogens with zero attached hydrogens (tertiary/aromatic N) is 2. The number of methoxy groups -OCH3 is 1. The van der Waals surface area contributed by atoms with Crippen LogP contribution in [0.25, 0.3) is 0 Å². The second-order valence-electron chi connectivity index (χ2n) is 7.02. The Hall–Kier alpha value is -1.50. The number of phenolic OH excluding ortho intramolecular Hbond substituents is 1. The summed E-state index contributed by atoms with van der Waals surface area (Å²) < 4.78 is 7.86. The van der Waals surface area contributed by atoms with Crippen molar-refractivity contribution in [3.63, 3.8) is 0 Å². The van der Waals surface area contributed by atoms with Crippen LogP contribution in [0.1, 0.15) is 23.6 Å². The van der Waals surface area contributed by atoms with Crippen molar-refractivity contribution in [2.45, 2.75) is 25.4 Å². The molecule has 1 N–H and O–H groups in total. The van der Waals surface area contributed by atoms with Crippen molar-refractivity contribution < 1.29 is 9.84 Å². The highest BCUT2D eigenvalue weighted by molar-refractivity contribution is 9.10. The molecule has 2 aromatic rings. The number of aromatic hydroxyl groups is 1. The van der Waals surface area contributed by atoms with Crippen molar-refractivity contribution in [1.29, 1.82) is 0 Å². The molecule has 0 radical (unpaired) electrons. The maximum atomic E-state index is 12.1. The first-order valence-electron chi connectivity index (χ1n) is 8.52. The molecule has 2 aliphatic heterocycles. The van der Waals surface area contributed by atoms with Gasteiger partial charge in [-0.25, -0.2) is 0 Å². The zero-order valence-electron chi connectivity index (χ0n) is 14.5. The fourth-order valence-corrected chi connectivity index (χ4v) is 4.75. The molecule has 2 bridgehead atoms. The van der Waals surface area contributed by atoms with Crippen molar-refractivity contribution in [2.75, 3.05) is 20.2 Å². The third-order valence-electron chi connectivity index (χ3n) is 5.27. The molecule has 0 spiro atoms. The molecule has 0 aliphatic carbocycles. The molecule has 1 aromatic heterocycles. The van der Waals surface area contributed by atoms with Gasteiger partial charge in [0.2, 0.25) is 0 Å². The van der Waals surface area contributed by atoms with Crippen LogP contribution in [0.2, 0.25) is 0 Å². The molecule has 140 valence electrons. The Labute approximate surface area is 167 Å². The largest absolute Gasteiger partial charge is 0.503 e. The average molecular weight is 442 g/mol. The van der Waals surface area contributed by atoms with Crippen molar-refractivity contribution in [2.24, 2.45) is 5.92 Å². The number of halogens is 2. The van der Waals surface area contributed by atoms with Crippen LogP contribution in [0.3, 0.4) is 0 Å². The van der Waals surface area contributed by atoms with E-state index < -0.39 is 0 Å². The number of hydrogen-bond acceptors (Lipinski definition) is 4. The Morgan fingerprint density at radius 1 is 1.27 bits per heavy atom. The second-order valence-corrected chi connectivity index (χ2v) is 7.88. The molecular weight excluding hydrogens is 420 g/mol. The highest BCUT2D eigenvalue weighted by atomic mass is 79.9. The van der Waals surface area contributed by atoms with Crippen LogP contribution in [0.4, 0.5) is 0 Å². The molecule has 4 rings (SSSR count). The van der Waals surface area contributed by atoms with Crippen molar-refractivity contribution >= 4 is 28.3 Å². The van der Waals surface area contributed by atoms with Crippen LogP contribution >= 0.6 is 28.3 Å². The molecule has 2 atom stereocenters. The topological polar surface area (TPSA) is 54.7 Å². The van der Waals surface area contributed by atoms with Gasteiger partial charge < -0.3 is 14.4 Å². The van der Waals surface area contributed by atoms with Crippen LogP contribution in [-0.4, -0.2) is 34.8 Å². The number of likely N-dealkylation sites (tertiary alicyclic amines) is 1.